The average molecular weight is 1080 g/mol. The number of likely N-dealkylation sites (tertiary alicyclic amines) is 2. The number of carbonyl (C=O) groups excluding carboxylic acids is 3. The van der Waals surface area contributed by atoms with Crippen LogP contribution < -0.4 is 4.74 Å². The molecule has 0 aromatic heterocycles. The number of carbonyl (C=O) groups is 4. The van der Waals surface area contributed by atoms with Crippen LogP contribution in [-0.2, 0) is 44.6 Å². The van der Waals surface area contributed by atoms with E-state index in [9.17, 15) is 50.6 Å². The number of piperidine rings is 2. The van der Waals surface area contributed by atoms with E-state index in [1.807, 2.05) is 89.9 Å². The van der Waals surface area contributed by atoms with Gasteiger partial charge in [-0.05, 0) is 85.0 Å². The zero-order chi connectivity index (χ0) is 49.8. The van der Waals surface area contributed by atoms with Gasteiger partial charge in [-0.2, -0.15) is 26.3 Å². The van der Waals surface area contributed by atoms with Gasteiger partial charge in [0.05, 0.1) is 50.2 Å². The highest BCUT2D eigenvalue weighted by atomic mass is 35.5. The van der Waals surface area contributed by atoms with E-state index in [1.54, 1.807) is 4.90 Å². The Balaban J connectivity index is 0.000000293. The predicted octanol–water partition coefficient (Wildman–Crippen LogP) is 14.5. The van der Waals surface area contributed by atoms with Crippen LogP contribution >= 0.6 is 58.0 Å². The molecule has 380 valence electrons. The fraction of sp³-hybridized carbons (Fsp3) is 0.373. The molecule has 70 heavy (non-hydrogen) atoms. The lowest BCUT2D eigenvalue weighted by Gasteiger charge is -2.41. The van der Waals surface area contributed by atoms with Gasteiger partial charge in [-0.25, -0.2) is 0 Å². The number of benzene rings is 4. The lowest BCUT2D eigenvalue weighted by atomic mass is 9.71. The van der Waals surface area contributed by atoms with Gasteiger partial charge < -0.3 is 19.6 Å². The molecule has 1 N–H and O–H groups in total. The number of carboxylic acid groups (broad SMARTS) is 1. The number of aliphatic carboxylic acids is 1. The highest BCUT2D eigenvalue weighted by molar-refractivity contribution is 6.40. The van der Waals surface area contributed by atoms with Crippen molar-refractivity contribution in [3.63, 3.8) is 0 Å². The normalized spacial score (nSPS) is 21.3. The fourth-order valence-electron chi connectivity index (χ4n) is 8.55. The third-order valence-corrected chi connectivity index (χ3v) is 12.6. The number of hydrogen-bond donors (Lipinski definition) is 1. The van der Waals surface area contributed by atoms with E-state index in [2.05, 4.69) is 0 Å². The minimum Gasteiger partial charge on any atom is -0.481 e. The lowest BCUT2D eigenvalue weighted by molar-refractivity contribution is -0.155. The van der Waals surface area contributed by atoms with Gasteiger partial charge in [-0.15, -0.1) is 23.2 Å². The Morgan fingerprint density at radius 3 is 1.47 bits per heavy atom. The quantitative estimate of drug-likeness (QED) is 0.0650. The molecule has 8 rings (SSSR count). The molecule has 2 aliphatic heterocycles. The topological polar surface area (TPSA) is 104 Å². The molecular formula is C51H53Cl5F6N2O6. The van der Waals surface area contributed by atoms with Crippen molar-refractivity contribution in [1.82, 2.24) is 9.80 Å². The van der Waals surface area contributed by atoms with Crippen molar-refractivity contribution < 1.29 is 55.4 Å². The molecule has 2 aliphatic carbocycles. The third kappa shape index (κ3) is 16.1. The number of nitrogens with zero attached hydrogens (tertiary/aromatic N) is 2. The molecule has 0 bridgehead atoms. The summed E-state index contributed by atoms with van der Waals surface area (Å²) >= 11 is 25.8. The van der Waals surface area contributed by atoms with E-state index in [0.29, 0.717) is 51.5 Å². The van der Waals surface area contributed by atoms with E-state index < -0.39 is 64.1 Å². The van der Waals surface area contributed by atoms with E-state index in [1.165, 1.54) is 12.1 Å². The van der Waals surface area contributed by atoms with Crippen LogP contribution in [0.25, 0.3) is 0 Å². The van der Waals surface area contributed by atoms with Gasteiger partial charge in [-0.1, -0.05) is 135 Å². The first-order valence-corrected chi connectivity index (χ1v) is 23.4. The monoisotopic (exact) mass is 1080 g/mol. The molecule has 0 radical (unpaired) electrons. The largest absolute Gasteiger partial charge is 0.481 e. The first-order valence-electron chi connectivity index (χ1n) is 21.2. The minimum absolute atomic E-state index is 0. The summed E-state index contributed by atoms with van der Waals surface area (Å²) < 4.78 is 80.9. The molecule has 0 spiro atoms. The molecule has 0 saturated carbocycles. The molecule has 2 amide bonds. The molecule has 2 heterocycles. The summed E-state index contributed by atoms with van der Waals surface area (Å²) in [6.45, 7) is 2.29. The van der Waals surface area contributed by atoms with Gasteiger partial charge in [0.2, 0.25) is 11.8 Å². The van der Waals surface area contributed by atoms with E-state index >= 15 is 0 Å². The summed E-state index contributed by atoms with van der Waals surface area (Å²) in [6, 6.07) is 25.6. The van der Waals surface area contributed by atoms with Crippen LogP contribution in [0.5, 0.6) is 5.75 Å². The molecule has 8 nitrogen and oxygen atoms in total. The molecular weight excluding hydrogens is 1030 g/mol. The number of rotatable bonds is 7. The first-order chi connectivity index (χ1) is 32.2. The number of allylic oxidation sites excluding steroid dienone is 4. The SMILES string of the molecule is C.C.ClCCl.FC(F)(F)c1cc(Cl)ccc1Cl.O=C(O)[C@H]1CC=C[C@H]2CCN(Cc3ccccc3)C(=O)[C@@H]12.O=C(Oc1ccc(Cl)c(C(F)(F)F)c1)[C@H]1CC=C[C@H]2CCN(Cc3ccccc3)C(=O)[C@@H]12. The van der Waals surface area contributed by atoms with Crippen molar-refractivity contribution in [2.45, 2.75) is 66.0 Å². The Hall–Kier alpha value is -4.73. The maximum Gasteiger partial charge on any atom is 0.417 e. The van der Waals surface area contributed by atoms with Crippen LogP contribution in [0.2, 0.25) is 15.1 Å². The Morgan fingerprint density at radius 2 is 1.04 bits per heavy atom. The highest BCUT2D eigenvalue weighted by Gasteiger charge is 2.46. The Kier molecular flexibility index (Phi) is 23.1. The van der Waals surface area contributed by atoms with Crippen LogP contribution in [0.1, 0.15) is 62.8 Å². The fourth-order valence-corrected chi connectivity index (χ4v) is 9.18. The maximum atomic E-state index is 13.3. The zero-order valence-corrected chi connectivity index (χ0v) is 39.7. The predicted molar refractivity (Wildman–Crippen MR) is 263 cm³/mol. The number of halogens is 11. The van der Waals surface area contributed by atoms with Crippen molar-refractivity contribution >= 4 is 81.8 Å². The smallest absolute Gasteiger partial charge is 0.417 e. The standard InChI is InChI=1S/C24H21ClF3NO3.C17H19NO3.C7H3Cl2F3.CH2Cl2.2CH4/c25-20-10-9-17(13-19(20)24(26,27)28)32-23(31)18-8-4-7-16-11-12-29(22(30)21(16)18)14-15-5-2-1-3-6-15;19-16-15-13(7-4-8-14(15)17(20)21)9-10-18(16)11-12-5-2-1-3-6-12;8-4-1-2-6(9)5(3-4)7(10,11)12;2-1-3;;/h1-7,9-10,13,16,18,21H,8,11-12,14H2;1-7,13-15H,8-11H2,(H,20,21);1-3H;1H2;2*1H4/t16-,18-,21+;13-,14-,15+;;;;/m00..../s1. The Labute approximate surface area is 429 Å². The zero-order valence-electron chi connectivity index (χ0n) is 35.9. The van der Waals surface area contributed by atoms with Crippen LogP contribution in [-0.4, -0.2) is 57.1 Å². The lowest BCUT2D eigenvalue weighted by Crippen LogP contribution is -2.50. The average Bonchev–Trinajstić information content (AvgIpc) is 3.30. The summed E-state index contributed by atoms with van der Waals surface area (Å²) in [4.78, 5) is 53.9. The van der Waals surface area contributed by atoms with Gasteiger partial charge in [0.15, 0.2) is 0 Å². The van der Waals surface area contributed by atoms with Gasteiger partial charge in [0.25, 0.3) is 0 Å². The number of alkyl halides is 8. The van der Waals surface area contributed by atoms with Crippen molar-refractivity contribution in [2.24, 2.45) is 35.5 Å². The number of fused-ring (bicyclic) bond motifs is 2. The van der Waals surface area contributed by atoms with Crippen molar-refractivity contribution in [3.8, 4) is 5.75 Å². The second kappa shape index (κ2) is 27.2. The molecule has 0 unspecified atom stereocenters. The molecule has 2 saturated heterocycles. The van der Waals surface area contributed by atoms with Crippen molar-refractivity contribution in [1.29, 1.82) is 0 Å². The van der Waals surface area contributed by atoms with Gasteiger partial charge in [0.1, 0.15) is 5.75 Å². The minimum atomic E-state index is -4.67. The van der Waals surface area contributed by atoms with Crippen molar-refractivity contribution in [2.75, 3.05) is 18.4 Å². The first kappa shape index (κ1) is 59.6. The molecule has 6 atom stereocenters. The Bertz CT molecular complexity index is 2430. The summed E-state index contributed by atoms with van der Waals surface area (Å²) in [5.41, 5.74) is 0.0958. The number of amides is 2. The summed E-state index contributed by atoms with van der Waals surface area (Å²) in [7, 11) is 0. The van der Waals surface area contributed by atoms with E-state index in [4.69, 9.17) is 62.7 Å². The third-order valence-electron chi connectivity index (χ3n) is 11.7. The molecule has 4 aliphatic rings. The highest BCUT2D eigenvalue weighted by Crippen LogP contribution is 2.41. The number of ether oxygens (including phenoxy) is 1. The van der Waals surface area contributed by atoms with Gasteiger partial charge in [-0.3, -0.25) is 19.2 Å². The van der Waals surface area contributed by atoms with Crippen LogP contribution in [0.15, 0.2) is 121 Å². The molecule has 2 fully saturated rings. The second-order valence-corrected chi connectivity index (χ2v) is 18.2. The Morgan fingerprint density at radius 1 is 0.629 bits per heavy atom. The van der Waals surface area contributed by atoms with E-state index in [-0.39, 0.29) is 59.6 Å². The summed E-state index contributed by atoms with van der Waals surface area (Å²) in [6.07, 6.45) is 0.949. The summed E-state index contributed by atoms with van der Waals surface area (Å²) in [5, 5.41) is 8.77. The maximum absolute atomic E-state index is 13.3. The molecule has 19 heteroatoms. The van der Waals surface area contributed by atoms with Crippen molar-refractivity contribution in [3.05, 3.63) is 159 Å². The van der Waals surface area contributed by atoms with Crippen LogP contribution in [0.3, 0.4) is 0 Å². The summed E-state index contributed by atoms with van der Waals surface area (Å²) in [5.74, 6) is -4.32. The molecule has 4 aromatic rings. The van der Waals surface area contributed by atoms with Gasteiger partial charge in [0, 0.05) is 31.2 Å². The molecule has 4 aromatic carbocycles. The number of hydrogen-bond acceptors (Lipinski definition) is 5. The second-order valence-electron chi connectivity index (χ2n) is 16.1. The number of esters is 1. The van der Waals surface area contributed by atoms with Gasteiger partial charge >= 0.3 is 24.3 Å². The van der Waals surface area contributed by atoms with Crippen LogP contribution in [0, 0.1) is 35.5 Å². The van der Waals surface area contributed by atoms with E-state index in [0.717, 1.165) is 35.7 Å². The van der Waals surface area contributed by atoms with Crippen LogP contribution in [0.4, 0.5) is 26.3 Å². The number of carboxylic acids is 1.